The number of hydrogen-bond donors (Lipinski definition) is 1. The van der Waals surface area contributed by atoms with Crippen LogP contribution in [0.5, 0.6) is 0 Å². The van der Waals surface area contributed by atoms with E-state index in [9.17, 15) is 0 Å². The van der Waals surface area contributed by atoms with Gasteiger partial charge in [-0.15, -0.1) is 0 Å². The van der Waals surface area contributed by atoms with Crippen molar-refractivity contribution >= 4 is 11.8 Å². The fourth-order valence-electron chi connectivity index (χ4n) is 2.45. The molecule has 1 heterocycles. The summed E-state index contributed by atoms with van der Waals surface area (Å²) in [5.41, 5.74) is 0. The molecule has 0 radical (unpaired) electrons. The molecule has 2 heteroatoms. The molecular weight excluding hydrogens is 202 g/mol. The first-order valence-electron chi connectivity index (χ1n) is 6.42. The smallest absolute Gasteiger partial charge is 0.0158 e. The van der Waals surface area contributed by atoms with E-state index in [4.69, 9.17) is 0 Å². The lowest BCUT2D eigenvalue weighted by Crippen LogP contribution is -2.39. The van der Waals surface area contributed by atoms with Crippen LogP contribution in [0.4, 0.5) is 0 Å². The second kappa shape index (κ2) is 6.80. The van der Waals surface area contributed by atoms with Crippen molar-refractivity contribution in [2.24, 2.45) is 17.8 Å². The lowest BCUT2D eigenvalue weighted by atomic mass is 9.85. The van der Waals surface area contributed by atoms with Crippen molar-refractivity contribution in [1.29, 1.82) is 0 Å². The van der Waals surface area contributed by atoms with E-state index in [0.29, 0.717) is 0 Å². The van der Waals surface area contributed by atoms with Gasteiger partial charge in [-0.05, 0) is 42.9 Å². The van der Waals surface area contributed by atoms with Crippen molar-refractivity contribution in [1.82, 2.24) is 5.32 Å². The first-order chi connectivity index (χ1) is 7.11. The molecule has 1 unspecified atom stereocenters. The van der Waals surface area contributed by atoms with Gasteiger partial charge in [0.2, 0.25) is 0 Å². The monoisotopic (exact) mass is 229 g/mol. The Kier molecular flexibility index (Phi) is 6.06. The van der Waals surface area contributed by atoms with Gasteiger partial charge in [0, 0.05) is 11.8 Å². The highest BCUT2D eigenvalue weighted by Crippen LogP contribution is 2.21. The Morgan fingerprint density at radius 3 is 2.33 bits per heavy atom. The zero-order chi connectivity index (χ0) is 11.3. The highest BCUT2D eigenvalue weighted by Gasteiger charge is 2.20. The highest BCUT2D eigenvalue weighted by molar-refractivity contribution is 7.99. The van der Waals surface area contributed by atoms with E-state index >= 15 is 0 Å². The number of hydrogen-bond acceptors (Lipinski definition) is 2. The summed E-state index contributed by atoms with van der Waals surface area (Å²) in [6, 6.07) is 0.781. The van der Waals surface area contributed by atoms with Crippen molar-refractivity contribution in [3.63, 3.8) is 0 Å². The van der Waals surface area contributed by atoms with Gasteiger partial charge in [-0.2, -0.15) is 11.8 Å². The predicted octanol–water partition coefficient (Wildman–Crippen LogP) is 3.40. The molecule has 15 heavy (non-hydrogen) atoms. The van der Waals surface area contributed by atoms with Crippen molar-refractivity contribution < 1.29 is 0 Å². The van der Waals surface area contributed by atoms with E-state index in [1.165, 1.54) is 30.9 Å². The molecule has 90 valence electrons. The summed E-state index contributed by atoms with van der Waals surface area (Å²) in [6.07, 6.45) is 2.78. The molecule has 1 aliphatic rings. The third-order valence-electron chi connectivity index (χ3n) is 3.52. The van der Waals surface area contributed by atoms with Gasteiger partial charge < -0.3 is 5.32 Å². The second-order valence-electron chi connectivity index (χ2n) is 5.47. The third-order valence-corrected chi connectivity index (χ3v) is 4.73. The summed E-state index contributed by atoms with van der Waals surface area (Å²) in [7, 11) is 0. The molecule has 0 spiro atoms. The molecule has 1 fully saturated rings. The van der Waals surface area contributed by atoms with Gasteiger partial charge >= 0.3 is 0 Å². The fourth-order valence-corrected chi connectivity index (χ4v) is 3.55. The minimum Gasteiger partial charge on any atom is -0.313 e. The second-order valence-corrected chi connectivity index (χ2v) is 6.62. The van der Waals surface area contributed by atoms with Crippen LogP contribution >= 0.6 is 11.8 Å². The van der Waals surface area contributed by atoms with Crippen LogP contribution in [0, 0.1) is 17.8 Å². The molecule has 0 aromatic rings. The van der Waals surface area contributed by atoms with Crippen molar-refractivity contribution in [3.05, 3.63) is 0 Å². The van der Waals surface area contributed by atoms with Gasteiger partial charge in [0.15, 0.2) is 0 Å². The largest absolute Gasteiger partial charge is 0.313 e. The Morgan fingerprint density at radius 2 is 1.87 bits per heavy atom. The van der Waals surface area contributed by atoms with E-state index in [2.05, 4.69) is 44.8 Å². The maximum atomic E-state index is 3.76. The molecule has 0 amide bonds. The number of nitrogens with one attached hydrogen (secondary N) is 1. The number of thioether (sulfide) groups is 1. The molecule has 0 saturated carbocycles. The highest BCUT2D eigenvalue weighted by atomic mass is 32.2. The van der Waals surface area contributed by atoms with Crippen LogP contribution in [-0.4, -0.2) is 24.1 Å². The Hall–Kier alpha value is 0.310. The van der Waals surface area contributed by atoms with Crippen LogP contribution in [0.15, 0.2) is 0 Å². The van der Waals surface area contributed by atoms with Crippen LogP contribution in [-0.2, 0) is 0 Å². The summed E-state index contributed by atoms with van der Waals surface area (Å²) in [4.78, 5) is 0. The Morgan fingerprint density at radius 1 is 1.20 bits per heavy atom. The molecule has 0 aliphatic carbocycles. The SMILES string of the molecule is CC(C)C(CNC1CCCSC1)C(C)C. The average molecular weight is 229 g/mol. The van der Waals surface area contributed by atoms with E-state index in [-0.39, 0.29) is 0 Å². The van der Waals surface area contributed by atoms with Crippen molar-refractivity contribution in [2.75, 3.05) is 18.1 Å². The summed E-state index contributed by atoms with van der Waals surface area (Å²) in [5, 5.41) is 3.76. The van der Waals surface area contributed by atoms with Gasteiger partial charge in [-0.1, -0.05) is 27.7 Å². The lowest BCUT2D eigenvalue weighted by Gasteiger charge is -2.29. The van der Waals surface area contributed by atoms with Crippen molar-refractivity contribution in [2.45, 2.75) is 46.6 Å². The minimum atomic E-state index is 0.781. The molecule has 0 aromatic carbocycles. The van der Waals surface area contributed by atoms with E-state index in [1.54, 1.807) is 0 Å². The van der Waals surface area contributed by atoms with Gasteiger partial charge in [0.1, 0.15) is 0 Å². The summed E-state index contributed by atoms with van der Waals surface area (Å²) in [5.74, 6) is 5.12. The standard InChI is InChI=1S/C13H27NS/c1-10(2)13(11(3)4)8-14-12-6-5-7-15-9-12/h10-14H,5-9H2,1-4H3. The zero-order valence-corrected chi connectivity index (χ0v) is 11.6. The number of rotatable bonds is 5. The molecule has 0 bridgehead atoms. The Bertz CT molecular complexity index is 154. The Labute approximate surface area is 99.8 Å². The zero-order valence-electron chi connectivity index (χ0n) is 10.8. The first kappa shape index (κ1) is 13.4. The molecule has 1 nitrogen and oxygen atoms in total. The third kappa shape index (κ3) is 4.78. The first-order valence-corrected chi connectivity index (χ1v) is 7.58. The Balaban J connectivity index is 2.26. The minimum absolute atomic E-state index is 0.781. The van der Waals surface area contributed by atoms with Crippen LogP contribution in [0.1, 0.15) is 40.5 Å². The maximum absolute atomic E-state index is 3.76. The van der Waals surface area contributed by atoms with Crippen LogP contribution in [0.3, 0.4) is 0 Å². The van der Waals surface area contributed by atoms with Gasteiger partial charge in [-0.25, -0.2) is 0 Å². The fraction of sp³-hybridized carbons (Fsp3) is 1.00. The van der Waals surface area contributed by atoms with Gasteiger partial charge in [-0.3, -0.25) is 0 Å². The molecule has 1 aliphatic heterocycles. The normalized spacial score (nSPS) is 23.0. The van der Waals surface area contributed by atoms with Gasteiger partial charge in [0.05, 0.1) is 0 Å². The van der Waals surface area contributed by atoms with E-state index < -0.39 is 0 Å². The molecular formula is C13H27NS. The topological polar surface area (TPSA) is 12.0 Å². The quantitative estimate of drug-likeness (QED) is 0.775. The lowest BCUT2D eigenvalue weighted by molar-refractivity contribution is 0.265. The van der Waals surface area contributed by atoms with E-state index in [0.717, 1.165) is 23.8 Å². The summed E-state index contributed by atoms with van der Waals surface area (Å²) < 4.78 is 0. The van der Waals surface area contributed by atoms with Crippen LogP contribution in [0.25, 0.3) is 0 Å². The summed E-state index contributed by atoms with van der Waals surface area (Å²) in [6.45, 7) is 10.6. The molecule has 0 aromatic heterocycles. The molecule has 1 rings (SSSR count). The summed E-state index contributed by atoms with van der Waals surface area (Å²) >= 11 is 2.11. The molecule has 1 atom stereocenters. The average Bonchev–Trinajstić information content (AvgIpc) is 2.18. The predicted molar refractivity (Wildman–Crippen MR) is 71.5 cm³/mol. The van der Waals surface area contributed by atoms with Crippen molar-refractivity contribution in [3.8, 4) is 0 Å². The van der Waals surface area contributed by atoms with Crippen LogP contribution in [0.2, 0.25) is 0 Å². The maximum Gasteiger partial charge on any atom is 0.0158 e. The van der Waals surface area contributed by atoms with Gasteiger partial charge in [0.25, 0.3) is 0 Å². The molecule has 1 saturated heterocycles. The molecule has 1 N–H and O–H groups in total. The van der Waals surface area contributed by atoms with E-state index in [1.807, 2.05) is 0 Å². The van der Waals surface area contributed by atoms with Crippen LogP contribution < -0.4 is 5.32 Å².